The van der Waals surface area contributed by atoms with Crippen LogP contribution in [0.15, 0.2) is 73.1 Å². The number of benzene rings is 2. The molecule has 0 spiro atoms. The number of Topliss-reactive ketones (excluding diaryl/α,β-unsaturated/α-hetero) is 1. The second kappa shape index (κ2) is 8.11. The molecular formula is C21H16Cl2NO+. The number of carbonyl (C=O) groups is 1. The van der Waals surface area contributed by atoms with Crippen molar-refractivity contribution in [3.05, 3.63) is 99.8 Å². The summed E-state index contributed by atoms with van der Waals surface area (Å²) in [6.45, 7) is 0.226. The van der Waals surface area contributed by atoms with E-state index in [1.807, 2.05) is 65.5 Å². The summed E-state index contributed by atoms with van der Waals surface area (Å²) in [5.41, 5.74) is 2.69. The lowest BCUT2D eigenvalue weighted by molar-refractivity contribution is -0.683. The molecule has 0 unspecified atom stereocenters. The second-order valence-electron chi connectivity index (χ2n) is 5.60. The first-order valence-corrected chi connectivity index (χ1v) is 8.58. The van der Waals surface area contributed by atoms with Crippen molar-refractivity contribution in [2.45, 2.75) is 6.54 Å². The molecule has 0 atom stereocenters. The summed E-state index contributed by atoms with van der Waals surface area (Å²) in [5, 5.41) is 0.893. The minimum atomic E-state index is -0.0563. The molecule has 0 saturated heterocycles. The Bertz CT molecular complexity index is 903. The van der Waals surface area contributed by atoms with E-state index in [0.29, 0.717) is 15.6 Å². The number of nitrogens with zero attached hydrogens (tertiary/aromatic N) is 1. The zero-order valence-corrected chi connectivity index (χ0v) is 14.9. The molecule has 0 N–H and O–H groups in total. The highest BCUT2D eigenvalue weighted by atomic mass is 35.5. The first kappa shape index (κ1) is 17.4. The van der Waals surface area contributed by atoms with Gasteiger partial charge in [0.15, 0.2) is 12.4 Å². The minimum absolute atomic E-state index is 0.0563. The standard InChI is InChI=1S/C21H16Cl2NO/c22-18-8-9-19(20(23)14-18)21(25)15-24-12-10-17(11-13-24)7-6-16-4-2-1-3-5-16/h1-14H,15H2/q+1/b7-6+. The summed E-state index contributed by atoms with van der Waals surface area (Å²) in [5.74, 6) is -0.0563. The first-order chi connectivity index (χ1) is 12.1. The summed E-state index contributed by atoms with van der Waals surface area (Å²) >= 11 is 12.0. The number of halogens is 2. The quantitative estimate of drug-likeness (QED) is 0.440. The minimum Gasteiger partial charge on any atom is -0.287 e. The van der Waals surface area contributed by atoms with Crippen molar-refractivity contribution in [2.75, 3.05) is 0 Å². The molecule has 0 fully saturated rings. The molecule has 0 aliphatic heterocycles. The Labute approximate surface area is 157 Å². The molecule has 3 aromatic rings. The Balaban J connectivity index is 1.68. The van der Waals surface area contributed by atoms with Gasteiger partial charge in [-0.1, -0.05) is 65.7 Å². The van der Waals surface area contributed by atoms with Gasteiger partial charge in [-0.2, -0.15) is 4.57 Å². The number of carbonyl (C=O) groups excluding carboxylic acids is 1. The average molecular weight is 369 g/mol. The second-order valence-corrected chi connectivity index (χ2v) is 6.44. The van der Waals surface area contributed by atoms with Crippen molar-refractivity contribution in [2.24, 2.45) is 0 Å². The zero-order valence-electron chi connectivity index (χ0n) is 13.4. The van der Waals surface area contributed by atoms with Crippen LogP contribution in [0.5, 0.6) is 0 Å². The summed E-state index contributed by atoms with van der Waals surface area (Å²) in [4.78, 5) is 12.4. The Morgan fingerprint density at radius 3 is 2.16 bits per heavy atom. The van der Waals surface area contributed by atoms with Gasteiger partial charge >= 0.3 is 0 Å². The fourth-order valence-electron chi connectivity index (χ4n) is 2.41. The molecule has 0 aliphatic rings. The molecule has 0 radical (unpaired) electrons. The summed E-state index contributed by atoms with van der Waals surface area (Å²) in [6.07, 6.45) is 7.86. The van der Waals surface area contributed by atoms with Crippen molar-refractivity contribution in [3.8, 4) is 0 Å². The van der Waals surface area contributed by atoms with Gasteiger partial charge < -0.3 is 0 Å². The van der Waals surface area contributed by atoms with Gasteiger partial charge in [0.25, 0.3) is 0 Å². The predicted octanol–water partition coefficient (Wildman–Crippen LogP) is 5.33. The predicted molar refractivity (Wildman–Crippen MR) is 103 cm³/mol. The maximum atomic E-state index is 12.4. The molecule has 2 aromatic carbocycles. The smallest absolute Gasteiger partial charge is 0.229 e. The van der Waals surface area contributed by atoms with Gasteiger partial charge in [0, 0.05) is 22.7 Å². The molecule has 124 valence electrons. The summed E-state index contributed by atoms with van der Waals surface area (Å²) in [7, 11) is 0. The molecule has 0 bridgehead atoms. The average Bonchev–Trinajstić information content (AvgIpc) is 2.62. The lowest BCUT2D eigenvalue weighted by Gasteiger charge is -2.02. The van der Waals surface area contributed by atoms with Gasteiger partial charge in [-0.05, 0) is 29.3 Å². The number of hydrogen-bond donors (Lipinski definition) is 0. The van der Waals surface area contributed by atoms with E-state index in [1.54, 1.807) is 18.2 Å². The molecule has 0 amide bonds. The third-order valence-corrected chi connectivity index (χ3v) is 4.29. The van der Waals surface area contributed by atoms with Crippen LogP contribution >= 0.6 is 23.2 Å². The fourth-order valence-corrected chi connectivity index (χ4v) is 2.92. The highest BCUT2D eigenvalue weighted by molar-refractivity contribution is 6.36. The van der Waals surface area contributed by atoms with Crippen LogP contribution in [-0.4, -0.2) is 5.78 Å². The number of aromatic nitrogens is 1. The number of rotatable bonds is 5. The van der Waals surface area contributed by atoms with Crippen LogP contribution in [0.2, 0.25) is 10.0 Å². The topological polar surface area (TPSA) is 20.9 Å². The molecule has 2 nitrogen and oxygen atoms in total. The van der Waals surface area contributed by atoms with Crippen LogP contribution in [0.4, 0.5) is 0 Å². The normalized spacial score (nSPS) is 11.0. The number of pyridine rings is 1. The van der Waals surface area contributed by atoms with E-state index in [0.717, 1.165) is 11.1 Å². The van der Waals surface area contributed by atoms with E-state index >= 15 is 0 Å². The maximum Gasteiger partial charge on any atom is 0.229 e. The molecule has 0 saturated carbocycles. The molecule has 0 aliphatic carbocycles. The molecule has 1 aromatic heterocycles. The molecule has 3 rings (SSSR count). The van der Waals surface area contributed by atoms with Gasteiger partial charge in [0.2, 0.25) is 12.3 Å². The Hall–Kier alpha value is -2.42. The van der Waals surface area contributed by atoms with E-state index in [4.69, 9.17) is 23.2 Å². The van der Waals surface area contributed by atoms with Crippen LogP contribution in [0.1, 0.15) is 21.5 Å². The van der Waals surface area contributed by atoms with Gasteiger partial charge in [-0.3, -0.25) is 4.79 Å². The van der Waals surface area contributed by atoms with Crippen LogP contribution in [0, 0.1) is 0 Å². The van der Waals surface area contributed by atoms with Crippen molar-refractivity contribution in [3.63, 3.8) is 0 Å². The van der Waals surface area contributed by atoms with Gasteiger partial charge in [-0.25, -0.2) is 0 Å². The van der Waals surface area contributed by atoms with E-state index in [2.05, 4.69) is 6.08 Å². The van der Waals surface area contributed by atoms with Gasteiger partial charge in [0.05, 0.1) is 5.02 Å². The van der Waals surface area contributed by atoms with Crippen molar-refractivity contribution >= 4 is 41.1 Å². The van der Waals surface area contributed by atoms with Crippen LogP contribution in [-0.2, 0) is 6.54 Å². The summed E-state index contributed by atoms with van der Waals surface area (Å²) in [6, 6.07) is 18.9. The molecule has 1 heterocycles. The van der Waals surface area contributed by atoms with Gasteiger partial charge in [-0.15, -0.1) is 0 Å². The van der Waals surface area contributed by atoms with E-state index in [1.165, 1.54) is 0 Å². The van der Waals surface area contributed by atoms with E-state index in [9.17, 15) is 4.79 Å². The number of ketones is 1. The van der Waals surface area contributed by atoms with Crippen molar-refractivity contribution in [1.82, 2.24) is 0 Å². The van der Waals surface area contributed by atoms with Crippen LogP contribution < -0.4 is 4.57 Å². The Morgan fingerprint density at radius 2 is 1.52 bits per heavy atom. The third kappa shape index (κ3) is 4.79. The Kier molecular flexibility index (Phi) is 5.64. The number of hydrogen-bond acceptors (Lipinski definition) is 1. The van der Waals surface area contributed by atoms with E-state index < -0.39 is 0 Å². The SMILES string of the molecule is O=C(C[n+]1ccc(/C=C/c2ccccc2)cc1)c1ccc(Cl)cc1Cl. The van der Waals surface area contributed by atoms with Crippen LogP contribution in [0.25, 0.3) is 12.2 Å². The lowest BCUT2D eigenvalue weighted by atomic mass is 10.1. The Morgan fingerprint density at radius 1 is 0.880 bits per heavy atom. The van der Waals surface area contributed by atoms with Crippen LogP contribution in [0.3, 0.4) is 0 Å². The molecular weight excluding hydrogens is 353 g/mol. The molecule has 4 heteroatoms. The van der Waals surface area contributed by atoms with Crippen molar-refractivity contribution < 1.29 is 9.36 Å². The maximum absolute atomic E-state index is 12.4. The van der Waals surface area contributed by atoms with Crippen molar-refractivity contribution in [1.29, 1.82) is 0 Å². The largest absolute Gasteiger partial charge is 0.287 e. The first-order valence-electron chi connectivity index (χ1n) is 7.82. The fraction of sp³-hybridized carbons (Fsp3) is 0.0476. The van der Waals surface area contributed by atoms with Gasteiger partial charge in [0.1, 0.15) is 0 Å². The van der Waals surface area contributed by atoms with E-state index in [-0.39, 0.29) is 12.3 Å². The highest BCUT2D eigenvalue weighted by Crippen LogP contribution is 2.21. The molecule has 25 heavy (non-hydrogen) atoms. The monoisotopic (exact) mass is 368 g/mol. The highest BCUT2D eigenvalue weighted by Gasteiger charge is 2.15. The lowest BCUT2D eigenvalue weighted by Crippen LogP contribution is -2.37. The summed E-state index contributed by atoms with van der Waals surface area (Å²) < 4.78 is 1.83. The zero-order chi connectivity index (χ0) is 17.6. The third-order valence-electron chi connectivity index (χ3n) is 3.74.